The molecule has 220 valence electrons. The minimum atomic E-state index is -0.560. The molecule has 4 aromatic carbocycles. The Bertz CT molecular complexity index is 1340. The van der Waals surface area contributed by atoms with Crippen LogP contribution in [0.2, 0.25) is 0 Å². The van der Waals surface area contributed by atoms with E-state index >= 15 is 0 Å². The molecule has 0 radical (unpaired) electrons. The van der Waals surface area contributed by atoms with Crippen LogP contribution in [0.1, 0.15) is 28.4 Å². The van der Waals surface area contributed by atoms with Gasteiger partial charge in [-0.15, -0.1) is 0 Å². The van der Waals surface area contributed by atoms with Crippen molar-refractivity contribution in [2.24, 2.45) is 0 Å². The first-order chi connectivity index (χ1) is 20.7. The Balaban J connectivity index is 1.48. The molecule has 0 bridgehead atoms. The van der Waals surface area contributed by atoms with Gasteiger partial charge in [0.1, 0.15) is 41.7 Å². The molecular weight excluding hydrogens is 532 g/mol. The summed E-state index contributed by atoms with van der Waals surface area (Å²) in [6.07, 6.45) is -1.91. The third kappa shape index (κ3) is 7.30. The minimum absolute atomic E-state index is 0.316. The van der Waals surface area contributed by atoms with Gasteiger partial charge in [0, 0.05) is 12.1 Å². The predicted molar refractivity (Wildman–Crippen MR) is 160 cm³/mol. The van der Waals surface area contributed by atoms with E-state index in [1.165, 1.54) is 0 Å². The van der Waals surface area contributed by atoms with E-state index in [1.807, 2.05) is 103 Å². The van der Waals surface area contributed by atoms with E-state index in [0.717, 1.165) is 22.3 Å². The summed E-state index contributed by atoms with van der Waals surface area (Å²) in [5, 5.41) is 0. The van der Waals surface area contributed by atoms with E-state index in [2.05, 4.69) is 0 Å². The minimum Gasteiger partial charge on any atom is -0.496 e. The fourth-order valence-electron chi connectivity index (χ4n) is 5.19. The normalized spacial score (nSPS) is 19.9. The van der Waals surface area contributed by atoms with E-state index in [9.17, 15) is 0 Å². The van der Waals surface area contributed by atoms with Crippen molar-refractivity contribution in [2.45, 2.75) is 44.2 Å². The van der Waals surface area contributed by atoms with Gasteiger partial charge in [-0.1, -0.05) is 91.0 Å². The zero-order valence-electron chi connectivity index (χ0n) is 24.3. The molecule has 0 saturated carbocycles. The van der Waals surface area contributed by atoms with Crippen LogP contribution < -0.4 is 14.2 Å². The highest BCUT2D eigenvalue weighted by Crippen LogP contribution is 2.47. The molecule has 1 aliphatic rings. The van der Waals surface area contributed by atoms with Crippen LogP contribution in [0, 0.1) is 0 Å². The quantitative estimate of drug-likeness (QED) is 0.171. The molecule has 0 unspecified atom stereocenters. The Hall–Kier alpha value is -3.88. The van der Waals surface area contributed by atoms with Crippen LogP contribution in [-0.4, -0.2) is 46.2 Å². The number of hydrogen-bond donors (Lipinski definition) is 0. The van der Waals surface area contributed by atoms with Crippen molar-refractivity contribution in [3.63, 3.8) is 0 Å². The first kappa shape index (κ1) is 29.6. The van der Waals surface area contributed by atoms with Crippen LogP contribution in [0.4, 0.5) is 0 Å². The lowest BCUT2D eigenvalue weighted by Crippen LogP contribution is -2.37. The number of benzene rings is 4. The average molecular weight is 571 g/mol. The fourth-order valence-corrected chi connectivity index (χ4v) is 5.19. The van der Waals surface area contributed by atoms with E-state index < -0.39 is 24.4 Å². The van der Waals surface area contributed by atoms with Crippen LogP contribution in [0.5, 0.6) is 17.2 Å². The van der Waals surface area contributed by atoms with Crippen molar-refractivity contribution in [1.29, 1.82) is 0 Å². The van der Waals surface area contributed by atoms with Crippen LogP contribution in [0.25, 0.3) is 0 Å². The summed E-state index contributed by atoms with van der Waals surface area (Å²) >= 11 is 0. The van der Waals surface area contributed by atoms with Crippen LogP contribution in [-0.2, 0) is 38.8 Å². The smallest absolute Gasteiger partial charge is 0.132 e. The van der Waals surface area contributed by atoms with Gasteiger partial charge in [0.25, 0.3) is 0 Å². The molecule has 1 fully saturated rings. The van der Waals surface area contributed by atoms with Crippen molar-refractivity contribution < 1.29 is 33.2 Å². The molecule has 4 aromatic rings. The molecule has 1 saturated heterocycles. The molecule has 7 heteroatoms. The van der Waals surface area contributed by atoms with Gasteiger partial charge in [0.15, 0.2) is 0 Å². The van der Waals surface area contributed by atoms with Crippen molar-refractivity contribution >= 4 is 0 Å². The highest BCUT2D eigenvalue weighted by atomic mass is 16.6. The van der Waals surface area contributed by atoms with Crippen molar-refractivity contribution in [1.82, 2.24) is 0 Å². The SMILES string of the molecule is COc1cc(OC)c([C@H]2O[C@H](COCc3ccccc3)[C@@H](OCc3ccccc3)[C@H]2OCc2ccccc2)c(OC)c1. The molecule has 4 atom stereocenters. The Morgan fingerprint density at radius 2 is 1.05 bits per heavy atom. The molecule has 5 rings (SSSR count). The van der Waals surface area contributed by atoms with Crippen molar-refractivity contribution in [3.8, 4) is 17.2 Å². The Morgan fingerprint density at radius 3 is 1.52 bits per heavy atom. The summed E-state index contributed by atoms with van der Waals surface area (Å²) in [6, 6.07) is 33.9. The van der Waals surface area contributed by atoms with Crippen molar-refractivity contribution in [2.75, 3.05) is 27.9 Å². The van der Waals surface area contributed by atoms with Gasteiger partial charge in [0.2, 0.25) is 0 Å². The van der Waals surface area contributed by atoms with Gasteiger partial charge < -0.3 is 33.2 Å². The lowest BCUT2D eigenvalue weighted by atomic mass is 9.98. The molecule has 0 amide bonds. The second kappa shape index (κ2) is 14.8. The first-order valence-electron chi connectivity index (χ1n) is 14.1. The highest BCUT2D eigenvalue weighted by Gasteiger charge is 2.49. The fraction of sp³-hybridized carbons (Fsp3) is 0.314. The molecule has 0 aliphatic carbocycles. The molecule has 7 nitrogen and oxygen atoms in total. The zero-order chi connectivity index (χ0) is 29.1. The van der Waals surface area contributed by atoms with Gasteiger partial charge in [-0.2, -0.15) is 0 Å². The lowest BCUT2D eigenvalue weighted by Gasteiger charge is -2.27. The number of hydrogen-bond acceptors (Lipinski definition) is 7. The highest BCUT2D eigenvalue weighted by molar-refractivity contribution is 5.52. The predicted octanol–water partition coefficient (Wildman–Crippen LogP) is 6.54. The first-order valence-corrected chi connectivity index (χ1v) is 14.1. The largest absolute Gasteiger partial charge is 0.496 e. The van der Waals surface area contributed by atoms with Crippen LogP contribution in [0.15, 0.2) is 103 Å². The van der Waals surface area contributed by atoms with E-state index in [4.69, 9.17) is 33.2 Å². The molecule has 0 N–H and O–H groups in total. The lowest BCUT2D eigenvalue weighted by molar-refractivity contribution is -0.0898. The summed E-state index contributed by atoms with van der Waals surface area (Å²) in [5.74, 6) is 1.78. The second-order valence-electron chi connectivity index (χ2n) is 10.1. The Morgan fingerprint density at radius 1 is 0.571 bits per heavy atom. The second-order valence-corrected chi connectivity index (χ2v) is 10.1. The number of methoxy groups -OCH3 is 3. The summed E-state index contributed by atoms with van der Waals surface area (Å²) in [4.78, 5) is 0. The summed E-state index contributed by atoms with van der Waals surface area (Å²) in [7, 11) is 4.85. The molecule has 1 aliphatic heterocycles. The van der Waals surface area contributed by atoms with Gasteiger partial charge in [-0.3, -0.25) is 0 Å². The van der Waals surface area contributed by atoms with E-state index in [1.54, 1.807) is 21.3 Å². The van der Waals surface area contributed by atoms with Crippen molar-refractivity contribution in [3.05, 3.63) is 125 Å². The maximum atomic E-state index is 6.77. The third-order valence-electron chi connectivity index (χ3n) is 7.31. The third-order valence-corrected chi connectivity index (χ3v) is 7.31. The molecule has 1 heterocycles. The summed E-state index contributed by atoms with van der Waals surface area (Å²) < 4.78 is 43.4. The standard InChI is InChI=1S/C35H38O7/c1-36-28-19-29(37-2)32(30(20-28)38-3)34-35(41-23-27-17-11-6-12-18-27)33(40-22-26-15-9-5-10-16-26)31(42-34)24-39-21-25-13-7-4-8-14-25/h4-20,31,33-35H,21-24H2,1-3H3/t31-,33-,34-,35-/m1/s1. The van der Waals surface area contributed by atoms with Gasteiger partial charge in [-0.25, -0.2) is 0 Å². The van der Waals surface area contributed by atoms with E-state index in [0.29, 0.717) is 43.7 Å². The number of ether oxygens (including phenoxy) is 7. The monoisotopic (exact) mass is 570 g/mol. The summed E-state index contributed by atoms with van der Waals surface area (Å²) in [6.45, 7) is 1.56. The average Bonchev–Trinajstić information content (AvgIpc) is 3.39. The molecule has 0 spiro atoms. The maximum Gasteiger partial charge on any atom is 0.132 e. The van der Waals surface area contributed by atoms with Gasteiger partial charge in [0.05, 0.1) is 53.3 Å². The Kier molecular flexibility index (Phi) is 10.5. The van der Waals surface area contributed by atoms with Gasteiger partial charge >= 0.3 is 0 Å². The molecule has 42 heavy (non-hydrogen) atoms. The van der Waals surface area contributed by atoms with E-state index in [-0.39, 0.29) is 0 Å². The molecule has 0 aromatic heterocycles. The maximum absolute atomic E-state index is 6.77. The topological polar surface area (TPSA) is 64.6 Å². The van der Waals surface area contributed by atoms with Crippen LogP contribution >= 0.6 is 0 Å². The van der Waals surface area contributed by atoms with Gasteiger partial charge in [-0.05, 0) is 16.7 Å². The molecular formula is C35H38O7. The van der Waals surface area contributed by atoms with Crippen LogP contribution in [0.3, 0.4) is 0 Å². The zero-order valence-corrected chi connectivity index (χ0v) is 24.3. The summed E-state index contributed by atoms with van der Waals surface area (Å²) in [5.41, 5.74) is 3.93. The Labute approximate surface area is 247 Å². The number of rotatable bonds is 14.